The zero-order chi connectivity index (χ0) is 11.4. The number of hydrogen-bond donors (Lipinski definition) is 1. The van der Waals surface area contributed by atoms with E-state index in [1.54, 1.807) is 12.4 Å². The van der Waals surface area contributed by atoms with Crippen molar-refractivity contribution < 1.29 is 0 Å². The average Bonchev–Trinajstić information content (AvgIpc) is 2.70. The van der Waals surface area contributed by atoms with Gasteiger partial charge in [-0.2, -0.15) is 11.8 Å². The second kappa shape index (κ2) is 5.73. The van der Waals surface area contributed by atoms with E-state index in [2.05, 4.69) is 34.0 Å². The maximum absolute atomic E-state index is 5.74. The number of halogens is 1. The predicted molar refractivity (Wildman–Crippen MR) is 70.2 cm³/mol. The lowest BCUT2D eigenvalue weighted by Gasteiger charge is -2.12. The minimum absolute atomic E-state index is 0.519. The van der Waals surface area contributed by atoms with E-state index in [4.69, 9.17) is 11.6 Å². The van der Waals surface area contributed by atoms with Crippen molar-refractivity contribution in [2.45, 2.75) is 37.5 Å². The Bertz CT molecular complexity index is 331. The Labute approximate surface area is 105 Å². The van der Waals surface area contributed by atoms with Crippen molar-refractivity contribution in [3.8, 4) is 0 Å². The van der Waals surface area contributed by atoms with E-state index in [-0.39, 0.29) is 0 Å². The number of nitrogens with one attached hydrogen (secondary N) is 1. The summed E-state index contributed by atoms with van der Waals surface area (Å²) in [5.41, 5.74) is 0. The van der Waals surface area contributed by atoms with E-state index in [0.717, 1.165) is 5.25 Å². The number of thioether (sulfide) groups is 1. The fraction of sp³-hybridized carbons (Fsp3) is 0.636. The van der Waals surface area contributed by atoms with Crippen molar-refractivity contribution in [2.75, 3.05) is 11.1 Å². The first-order valence-corrected chi connectivity index (χ1v) is 7.06. The van der Waals surface area contributed by atoms with Crippen molar-refractivity contribution in [2.24, 2.45) is 0 Å². The largest absolute Gasteiger partial charge is 0.351 e. The molecule has 1 aromatic rings. The Morgan fingerprint density at radius 1 is 1.44 bits per heavy atom. The molecule has 1 aliphatic rings. The minimum Gasteiger partial charge on any atom is -0.351 e. The zero-order valence-electron chi connectivity index (χ0n) is 9.32. The lowest BCUT2D eigenvalue weighted by Crippen LogP contribution is -2.17. The highest BCUT2D eigenvalue weighted by molar-refractivity contribution is 7.99. The highest BCUT2D eigenvalue weighted by Crippen LogP contribution is 2.30. The Morgan fingerprint density at radius 2 is 2.19 bits per heavy atom. The van der Waals surface area contributed by atoms with Gasteiger partial charge in [0, 0.05) is 11.3 Å². The van der Waals surface area contributed by atoms with Gasteiger partial charge in [0.1, 0.15) is 0 Å². The molecule has 0 spiro atoms. The summed E-state index contributed by atoms with van der Waals surface area (Å²) in [5, 5.41) is 4.74. The molecule has 0 aromatic carbocycles. The molecule has 16 heavy (non-hydrogen) atoms. The number of anilines is 1. The summed E-state index contributed by atoms with van der Waals surface area (Å²) in [5.74, 6) is 1.89. The van der Waals surface area contributed by atoms with Crippen LogP contribution in [-0.4, -0.2) is 27.0 Å². The molecule has 5 heteroatoms. The predicted octanol–water partition coefficient (Wildman–Crippen LogP) is 3.22. The van der Waals surface area contributed by atoms with Gasteiger partial charge in [-0.05, 0) is 25.0 Å². The molecule has 0 bridgehead atoms. The monoisotopic (exact) mass is 257 g/mol. The number of hydrogen-bond acceptors (Lipinski definition) is 4. The van der Waals surface area contributed by atoms with E-state index < -0.39 is 0 Å². The van der Waals surface area contributed by atoms with E-state index in [0.29, 0.717) is 17.0 Å². The molecular weight excluding hydrogens is 242 g/mol. The van der Waals surface area contributed by atoms with Gasteiger partial charge in [0.2, 0.25) is 5.95 Å². The van der Waals surface area contributed by atoms with Gasteiger partial charge in [0.05, 0.1) is 17.4 Å². The molecule has 2 unspecified atom stereocenters. The van der Waals surface area contributed by atoms with Crippen molar-refractivity contribution in [1.82, 2.24) is 9.97 Å². The van der Waals surface area contributed by atoms with Crippen LogP contribution in [0.25, 0.3) is 0 Å². The second-order valence-corrected chi connectivity index (χ2v) is 5.97. The van der Waals surface area contributed by atoms with Crippen LogP contribution >= 0.6 is 23.4 Å². The molecule has 1 heterocycles. The molecule has 0 amide bonds. The van der Waals surface area contributed by atoms with Crippen molar-refractivity contribution in [1.29, 1.82) is 0 Å². The molecule has 0 saturated heterocycles. The van der Waals surface area contributed by atoms with Crippen LogP contribution < -0.4 is 5.32 Å². The molecule has 2 rings (SSSR count). The first-order chi connectivity index (χ1) is 7.78. The zero-order valence-corrected chi connectivity index (χ0v) is 10.9. The minimum atomic E-state index is 0.519. The third kappa shape index (κ3) is 3.25. The molecule has 1 saturated carbocycles. The molecule has 1 aliphatic carbocycles. The quantitative estimate of drug-likeness (QED) is 0.899. The molecule has 88 valence electrons. The summed E-state index contributed by atoms with van der Waals surface area (Å²) in [6.45, 7) is 2.22. The summed E-state index contributed by atoms with van der Waals surface area (Å²) in [4.78, 5) is 8.30. The first-order valence-electron chi connectivity index (χ1n) is 5.63. The Balaban J connectivity index is 1.84. The van der Waals surface area contributed by atoms with Crippen LogP contribution in [0.15, 0.2) is 12.4 Å². The van der Waals surface area contributed by atoms with Crippen LogP contribution in [0.1, 0.15) is 26.2 Å². The Morgan fingerprint density at radius 3 is 2.88 bits per heavy atom. The lowest BCUT2D eigenvalue weighted by atomic mass is 10.2. The van der Waals surface area contributed by atoms with Crippen molar-refractivity contribution in [3.05, 3.63) is 17.4 Å². The normalized spacial score (nSPS) is 24.6. The van der Waals surface area contributed by atoms with E-state index in [1.807, 2.05) is 0 Å². The van der Waals surface area contributed by atoms with Gasteiger partial charge in [0.15, 0.2) is 0 Å². The molecule has 1 N–H and O–H groups in total. The van der Waals surface area contributed by atoms with Gasteiger partial charge in [-0.15, -0.1) is 0 Å². The number of aromatic nitrogens is 2. The SMILES string of the molecule is CCSC1CCC(Nc2ncc(Cl)cn2)C1. The van der Waals surface area contributed by atoms with Crippen molar-refractivity contribution in [3.63, 3.8) is 0 Å². The smallest absolute Gasteiger partial charge is 0.222 e. The van der Waals surface area contributed by atoms with Crippen molar-refractivity contribution >= 4 is 29.3 Å². The van der Waals surface area contributed by atoms with Crippen LogP contribution in [0.4, 0.5) is 5.95 Å². The highest BCUT2D eigenvalue weighted by Gasteiger charge is 2.24. The third-order valence-electron chi connectivity index (χ3n) is 2.74. The highest BCUT2D eigenvalue weighted by atomic mass is 35.5. The van der Waals surface area contributed by atoms with Gasteiger partial charge in [-0.25, -0.2) is 9.97 Å². The number of nitrogens with zero attached hydrogens (tertiary/aromatic N) is 2. The summed E-state index contributed by atoms with van der Waals surface area (Å²) < 4.78 is 0. The topological polar surface area (TPSA) is 37.8 Å². The molecule has 2 atom stereocenters. The van der Waals surface area contributed by atoms with Gasteiger partial charge in [0.25, 0.3) is 0 Å². The van der Waals surface area contributed by atoms with Crippen LogP contribution in [0.5, 0.6) is 0 Å². The first kappa shape index (κ1) is 12.0. The number of rotatable bonds is 4. The summed E-state index contributed by atoms with van der Waals surface area (Å²) in [6, 6.07) is 0.519. The van der Waals surface area contributed by atoms with E-state index in [1.165, 1.54) is 25.0 Å². The van der Waals surface area contributed by atoms with Gasteiger partial charge in [-0.1, -0.05) is 18.5 Å². The van der Waals surface area contributed by atoms with E-state index >= 15 is 0 Å². The van der Waals surface area contributed by atoms with Crippen LogP contribution in [0, 0.1) is 0 Å². The van der Waals surface area contributed by atoms with E-state index in [9.17, 15) is 0 Å². The molecule has 0 radical (unpaired) electrons. The maximum Gasteiger partial charge on any atom is 0.222 e. The van der Waals surface area contributed by atoms with Crippen LogP contribution in [0.3, 0.4) is 0 Å². The molecular formula is C11H16ClN3S. The van der Waals surface area contributed by atoms with Crippen LogP contribution in [0.2, 0.25) is 5.02 Å². The lowest BCUT2D eigenvalue weighted by molar-refractivity contribution is 0.745. The summed E-state index contributed by atoms with van der Waals surface area (Å²) in [6.07, 6.45) is 6.98. The van der Waals surface area contributed by atoms with Gasteiger partial charge >= 0.3 is 0 Å². The third-order valence-corrected chi connectivity index (χ3v) is 4.17. The Kier molecular flexibility index (Phi) is 4.29. The molecule has 3 nitrogen and oxygen atoms in total. The molecule has 1 fully saturated rings. The summed E-state index contributed by atoms with van der Waals surface area (Å²) in [7, 11) is 0. The Hall–Kier alpha value is -0.480. The fourth-order valence-electron chi connectivity index (χ4n) is 2.03. The fourth-order valence-corrected chi connectivity index (χ4v) is 3.27. The maximum atomic E-state index is 5.74. The van der Waals surface area contributed by atoms with Crippen LogP contribution in [-0.2, 0) is 0 Å². The second-order valence-electron chi connectivity index (χ2n) is 3.96. The molecule has 0 aliphatic heterocycles. The van der Waals surface area contributed by atoms with Gasteiger partial charge < -0.3 is 5.32 Å². The average molecular weight is 258 g/mol. The molecule has 1 aromatic heterocycles. The van der Waals surface area contributed by atoms with Gasteiger partial charge in [-0.3, -0.25) is 0 Å². The standard InChI is InChI=1S/C11H16ClN3S/c1-2-16-10-4-3-9(5-10)15-11-13-6-8(12)7-14-11/h6-7,9-10H,2-5H2,1H3,(H,13,14,15). The summed E-state index contributed by atoms with van der Waals surface area (Å²) >= 11 is 7.79.